The lowest BCUT2D eigenvalue weighted by atomic mass is 9.92. The fourth-order valence-corrected chi connectivity index (χ4v) is 2.81. The molecule has 5 nitrogen and oxygen atoms in total. The Morgan fingerprint density at radius 1 is 1.24 bits per heavy atom. The normalized spacial score (nSPS) is 26.6. The lowest BCUT2D eigenvalue weighted by Gasteiger charge is -2.34. The summed E-state index contributed by atoms with van der Waals surface area (Å²) < 4.78 is 0. The molecule has 1 aliphatic heterocycles. The molecule has 1 unspecified atom stereocenters. The smallest absolute Gasteiger partial charge is 0.304 e. The molecular formula is C12H17NO4. The third-order valence-electron chi connectivity index (χ3n) is 3.67. The number of likely N-dealkylation sites (tertiary alicyclic amines) is 1. The van der Waals surface area contributed by atoms with Crippen molar-refractivity contribution in [2.24, 2.45) is 5.92 Å². The van der Waals surface area contributed by atoms with Crippen molar-refractivity contribution < 1.29 is 19.5 Å². The molecule has 2 amide bonds. The molecule has 0 radical (unpaired) electrons. The predicted molar refractivity (Wildman–Crippen MR) is 59.1 cm³/mol. The molecule has 1 saturated carbocycles. The maximum absolute atomic E-state index is 12.1. The van der Waals surface area contributed by atoms with Gasteiger partial charge in [0.2, 0.25) is 11.8 Å². The van der Waals surface area contributed by atoms with Crippen molar-refractivity contribution in [3.05, 3.63) is 0 Å². The lowest BCUT2D eigenvalue weighted by Crippen LogP contribution is -2.50. The minimum absolute atomic E-state index is 0.0200. The zero-order valence-corrected chi connectivity index (χ0v) is 9.72. The quantitative estimate of drug-likeness (QED) is 0.750. The summed E-state index contributed by atoms with van der Waals surface area (Å²) in [6.07, 6.45) is 4.37. The molecule has 1 heterocycles. The van der Waals surface area contributed by atoms with Crippen molar-refractivity contribution >= 4 is 17.8 Å². The van der Waals surface area contributed by atoms with Gasteiger partial charge in [-0.1, -0.05) is 12.8 Å². The Bertz CT molecular complexity index is 346. The Hall–Kier alpha value is -1.39. The zero-order valence-electron chi connectivity index (χ0n) is 9.72. The Kier molecular flexibility index (Phi) is 3.45. The molecule has 0 spiro atoms. The van der Waals surface area contributed by atoms with Crippen molar-refractivity contribution in [3.63, 3.8) is 0 Å². The molecule has 0 aromatic rings. The van der Waals surface area contributed by atoms with Crippen LogP contribution in [0.15, 0.2) is 0 Å². The lowest BCUT2D eigenvalue weighted by molar-refractivity contribution is -0.157. The summed E-state index contributed by atoms with van der Waals surface area (Å²) in [5.41, 5.74) is 0. The number of aliphatic carboxylic acids is 1. The second-order valence-corrected chi connectivity index (χ2v) is 4.87. The van der Waals surface area contributed by atoms with Gasteiger partial charge in [-0.15, -0.1) is 0 Å². The summed E-state index contributed by atoms with van der Waals surface area (Å²) in [7, 11) is 0. The van der Waals surface area contributed by atoms with Crippen LogP contribution in [0.2, 0.25) is 0 Å². The maximum Gasteiger partial charge on any atom is 0.304 e. The highest BCUT2D eigenvalue weighted by Crippen LogP contribution is 2.30. The van der Waals surface area contributed by atoms with E-state index < -0.39 is 11.9 Å². The summed E-state index contributed by atoms with van der Waals surface area (Å²) in [5, 5.41) is 8.75. The van der Waals surface area contributed by atoms with Gasteiger partial charge in [0.15, 0.2) is 0 Å². The molecule has 1 saturated heterocycles. The van der Waals surface area contributed by atoms with Gasteiger partial charge in [-0.3, -0.25) is 19.3 Å². The number of nitrogens with zero attached hydrogens (tertiary/aromatic N) is 1. The number of rotatable bonds is 3. The van der Waals surface area contributed by atoms with E-state index in [9.17, 15) is 14.4 Å². The van der Waals surface area contributed by atoms with E-state index in [1.54, 1.807) is 0 Å². The van der Waals surface area contributed by atoms with Crippen molar-refractivity contribution in [3.8, 4) is 0 Å². The van der Waals surface area contributed by atoms with Gasteiger partial charge < -0.3 is 5.11 Å². The number of carbonyl (C=O) groups is 3. The molecule has 5 heteroatoms. The van der Waals surface area contributed by atoms with Crippen LogP contribution in [0.4, 0.5) is 0 Å². The standard InChI is InChI=1S/C12H17NO4/c14-10-6-5-8(7-11(15)16)12(17)13(10)9-3-1-2-4-9/h8-9H,1-7H2,(H,15,16). The molecule has 1 aliphatic carbocycles. The average molecular weight is 239 g/mol. The Balaban J connectivity index is 2.09. The number of hydrogen-bond donors (Lipinski definition) is 1. The number of hydrogen-bond acceptors (Lipinski definition) is 3. The van der Waals surface area contributed by atoms with E-state index in [4.69, 9.17) is 5.11 Å². The van der Waals surface area contributed by atoms with Gasteiger partial charge in [0.05, 0.1) is 6.42 Å². The molecule has 2 fully saturated rings. The van der Waals surface area contributed by atoms with Crippen LogP contribution < -0.4 is 0 Å². The molecule has 1 N–H and O–H groups in total. The molecule has 0 bridgehead atoms. The average Bonchev–Trinajstić information content (AvgIpc) is 2.75. The van der Waals surface area contributed by atoms with E-state index >= 15 is 0 Å². The van der Waals surface area contributed by atoms with Gasteiger partial charge >= 0.3 is 5.97 Å². The number of carboxylic acids is 1. The number of carboxylic acid groups (broad SMARTS) is 1. The van der Waals surface area contributed by atoms with Crippen LogP contribution in [0, 0.1) is 5.92 Å². The Morgan fingerprint density at radius 2 is 1.88 bits per heavy atom. The van der Waals surface area contributed by atoms with Crippen LogP contribution in [0.25, 0.3) is 0 Å². The van der Waals surface area contributed by atoms with Crippen LogP contribution in [-0.4, -0.2) is 33.8 Å². The van der Waals surface area contributed by atoms with Gasteiger partial charge in [0.1, 0.15) is 0 Å². The first kappa shape index (κ1) is 12.1. The molecular weight excluding hydrogens is 222 g/mol. The molecule has 1 atom stereocenters. The van der Waals surface area contributed by atoms with Crippen molar-refractivity contribution in [1.29, 1.82) is 0 Å². The van der Waals surface area contributed by atoms with Crippen LogP contribution >= 0.6 is 0 Å². The maximum atomic E-state index is 12.1. The summed E-state index contributed by atoms with van der Waals surface area (Å²) in [4.78, 5) is 35.9. The molecule has 94 valence electrons. The van der Waals surface area contributed by atoms with E-state index in [2.05, 4.69) is 0 Å². The van der Waals surface area contributed by atoms with E-state index in [1.165, 1.54) is 4.90 Å². The highest BCUT2D eigenvalue weighted by molar-refractivity contribution is 6.00. The van der Waals surface area contributed by atoms with E-state index in [0.29, 0.717) is 12.8 Å². The van der Waals surface area contributed by atoms with Crippen LogP contribution in [0.1, 0.15) is 44.9 Å². The van der Waals surface area contributed by atoms with Gasteiger partial charge in [0.25, 0.3) is 0 Å². The van der Waals surface area contributed by atoms with Crippen molar-refractivity contribution in [2.75, 3.05) is 0 Å². The summed E-state index contributed by atoms with van der Waals surface area (Å²) in [6.45, 7) is 0. The van der Waals surface area contributed by atoms with Crippen LogP contribution in [0.3, 0.4) is 0 Å². The molecule has 2 aliphatic rings. The van der Waals surface area contributed by atoms with Crippen molar-refractivity contribution in [2.45, 2.75) is 51.0 Å². The van der Waals surface area contributed by atoms with Gasteiger partial charge in [-0.05, 0) is 19.3 Å². The minimum atomic E-state index is -0.968. The minimum Gasteiger partial charge on any atom is -0.481 e. The third-order valence-corrected chi connectivity index (χ3v) is 3.67. The van der Waals surface area contributed by atoms with Crippen LogP contribution in [-0.2, 0) is 14.4 Å². The van der Waals surface area contributed by atoms with Crippen molar-refractivity contribution in [1.82, 2.24) is 4.90 Å². The summed E-state index contributed by atoms with van der Waals surface area (Å²) in [6, 6.07) is 0.0200. The summed E-state index contributed by atoms with van der Waals surface area (Å²) in [5.74, 6) is -1.87. The number of imide groups is 1. The van der Waals surface area contributed by atoms with E-state index in [0.717, 1.165) is 25.7 Å². The third kappa shape index (κ3) is 2.48. The number of amides is 2. The topological polar surface area (TPSA) is 74.7 Å². The first-order chi connectivity index (χ1) is 8.09. The predicted octanol–water partition coefficient (Wildman–Crippen LogP) is 1.17. The SMILES string of the molecule is O=C(O)CC1CCC(=O)N(C2CCCC2)C1=O. The fourth-order valence-electron chi connectivity index (χ4n) is 2.81. The van der Waals surface area contributed by atoms with E-state index in [1.807, 2.05) is 0 Å². The number of piperidine rings is 1. The van der Waals surface area contributed by atoms with Gasteiger partial charge in [-0.25, -0.2) is 0 Å². The molecule has 17 heavy (non-hydrogen) atoms. The molecule has 2 rings (SSSR count). The summed E-state index contributed by atoms with van der Waals surface area (Å²) >= 11 is 0. The first-order valence-electron chi connectivity index (χ1n) is 6.17. The monoisotopic (exact) mass is 239 g/mol. The first-order valence-corrected chi connectivity index (χ1v) is 6.17. The van der Waals surface area contributed by atoms with Gasteiger partial charge in [-0.2, -0.15) is 0 Å². The Labute approximate surface area is 99.8 Å². The number of carbonyl (C=O) groups excluding carboxylic acids is 2. The highest BCUT2D eigenvalue weighted by atomic mass is 16.4. The van der Waals surface area contributed by atoms with Gasteiger partial charge in [0, 0.05) is 18.4 Å². The molecule has 0 aromatic carbocycles. The molecule has 0 aromatic heterocycles. The second-order valence-electron chi connectivity index (χ2n) is 4.87. The zero-order chi connectivity index (χ0) is 12.4. The fraction of sp³-hybridized carbons (Fsp3) is 0.750. The Morgan fingerprint density at radius 3 is 2.47 bits per heavy atom. The van der Waals surface area contributed by atoms with E-state index in [-0.39, 0.29) is 24.3 Å². The highest BCUT2D eigenvalue weighted by Gasteiger charge is 2.39. The largest absolute Gasteiger partial charge is 0.481 e. The second kappa shape index (κ2) is 4.85. The van der Waals surface area contributed by atoms with Crippen LogP contribution in [0.5, 0.6) is 0 Å².